The van der Waals surface area contributed by atoms with Gasteiger partial charge >= 0.3 is 0 Å². The molecule has 1 aromatic heterocycles. The van der Waals surface area contributed by atoms with E-state index in [2.05, 4.69) is 22.1 Å². The van der Waals surface area contributed by atoms with Gasteiger partial charge in [-0.3, -0.25) is 4.79 Å². The maximum Gasteiger partial charge on any atom is 0.268 e. The quantitative estimate of drug-likeness (QED) is 0.875. The van der Waals surface area contributed by atoms with Gasteiger partial charge in [0.05, 0.1) is 0 Å². The van der Waals surface area contributed by atoms with E-state index in [1.165, 1.54) is 6.42 Å². The molecule has 19 heavy (non-hydrogen) atoms. The molecule has 2 N–H and O–H groups in total. The third-order valence-corrected chi connectivity index (χ3v) is 4.59. The van der Waals surface area contributed by atoms with Crippen LogP contribution in [0.5, 0.6) is 0 Å². The van der Waals surface area contributed by atoms with Crippen molar-refractivity contribution in [1.82, 2.24) is 15.2 Å². The van der Waals surface area contributed by atoms with E-state index < -0.39 is 0 Å². The van der Waals surface area contributed by atoms with Gasteiger partial charge < -0.3 is 15.2 Å². The van der Waals surface area contributed by atoms with Gasteiger partial charge in [-0.1, -0.05) is 0 Å². The van der Waals surface area contributed by atoms with Crippen molar-refractivity contribution in [2.75, 3.05) is 13.1 Å². The molecule has 1 aromatic rings. The first-order valence-corrected chi connectivity index (χ1v) is 7.38. The standard InChI is InChI=1S/C15H23N3O/c1-15(7-3-8-15)17-14(19)13-4-2-11-18(13)12-5-9-16-10-6-12/h2,4,11-12,16H,3,5-10H2,1H3,(H,17,19). The summed E-state index contributed by atoms with van der Waals surface area (Å²) in [5.41, 5.74) is 0.848. The van der Waals surface area contributed by atoms with Crippen LogP contribution in [0.25, 0.3) is 0 Å². The Bertz CT molecular complexity index is 456. The molecule has 4 heteroatoms. The van der Waals surface area contributed by atoms with Crippen molar-refractivity contribution in [1.29, 1.82) is 0 Å². The summed E-state index contributed by atoms with van der Waals surface area (Å²) in [6, 6.07) is 4.39. The largest absolute Gasteiger partial charge is 0.346 e. The first kappa shape index (κ1) is 12.7. The molecule has 0 atom stereocenters. The molecule has 0 radical (unpaired) electrons. The van der Waals surface area contributed by atoms with Gasteiger partial charge in [-0.25, -0.2) is 0 Å². The van der Waals surface area contributed by atoms with Crippen LogP contribution in [0.1, 0.15) is 55.6 Å². The SMILES string of the molecule is CC1(NC(=O)c2cccn2C2CCNCC2)CCC1. The van der Waals surface area contributed by atoms with Gasteiger partial charge in [0.2, 0.25) is 0 Å². The highest BCUT2D eigenvalue weighted by Gasteiger charge is 2.34. The Hall–Kier alpha value is -1.29. The average molecular weight is 261 g/mol. The molecule has 104 valence electrons. The fraction of sp³-hybridized carbons (Fsp3) is 0.667. The Kier molecular flexibility index (Phi) is 3.35. The van der Waals surface area contributed by atoms with Crippen molar-refractivity contribution < 1.29 is 4.79 Å². The zero-order chi connectivity index (χ0) is 13.3. The van der Waals surface area contributed by atoms with Crippen LogP contribution in [0, 0.1) is 0 Å². The van der Waals surface area contributed by atoms with Gasteiger partial charge in [-0.15, -0.1) is 0 Å². The second-order valence-electron chi connectivity index (χ2n) is 6.15. The number of hydrogen-bond acceptors (Lipinski definition) is 2. The summed E-state index contributed by atoms with van der Waals surface area (Å²) in [7, 11) is 0. The minimum absolute atomic E-state index is 0.0281. The molecule has 2 fully saturated rings. The number of rotatable bonds is 3. The van der Waals surface area contributed by atoms with Crippen molar-refractivity contribution in [3.8, 4) is 0 Å². The molecule has 0 aromatic carbocycles. The first-order valence-electron chi connectivity index (χ1n) is 7.38. The Morgan fingerprint density at radius 1 is 1.42 bits per heavy atom. The number of carbonyl (C=O) groups excluding carboxylic acids is 1. The molecule has 3 rings (SSSR count). The highest BCUT2D eigenvalue weighted by atomic mass is 16.2. The van der Waals surface area contributed by atoms with Crippen LogP contribution in [-0.4, -0.2) is 29.1 Å². The molecule has 2 aliphatic rings. The number of aromatic nitrogens is 1. The lowest BCUT2D eigenvalue weighted by Crippen LogP contribution is -2.51. The van der Waals surface area contributed by atoms with Gasteiger partial charge in [0.15, 0.2) is 0 Å². The van der Waals surface area contributed by atoms with E-state index in [0.29, 0.717) is 6.04 Å². The van der Waals surface area contributed by atoms with E-state index in [1.54, 1.807) is 0 Å². The molecule has 4 nitrogen and oxygen atoms in total. The van der Waals surface area contributed by atoms with E-state index in [9.17, 15) is 4.79 Å². The van der Waals surface area contributed by atoms with E-state index in [-0.39, 0.29) is 11.4 Å². The van der Waals surface area contributed by atoms with E-state index >= 15 is 0 Å². The topological polar surface area (TPSA) is 46.1 Å². The monoisotopic (exact) mass is 261 g/mol. The number of nitrogens with one attached hydrogen (secondary N) is 2. The molecule has 1 amide bonds. The lowest BCUT2D eigenvalue weighted by Gasteiger charge is -2.39. The molecule has 1 saturated carbocycles. The van der Waals surface area contributed by atoms with Crippen LogP contribution in [-0.2, 0) is 0 Å². The number of nitrogens with zero attached hydrogens (tertiary/aromatic N) is 1. The van der Waals surface area contributed by atoms with Crippen LogP contribution >= 0.6 is 0 Å². The Morgan fingerprint density at radius 2 is 2.16 bits per heavy atom. The third kappa shape index (κ3) is 2.54. The van der Waals surface area contributed by atoms with Gasteiger partial charge in [-0.05, 0) is 64.3 Å². The van der Waals surface area contributed by atoms with E-state index in [4.69, 9.17) is 0 Å². The molecular formula is C15H23N3O. The van der Waals surface area contributed by atoms with Crippen LogP contribution in [0.4, 0.5) is 0 Å². The Morgan fingerprint density at radius 3 is 2.79 bits per heavy atom. The summed E-state index contributed by atoms with van der Waals surface area (Å²) < 4.78 is 2.16. The number of hydrogen-bond donors (Lipinski definition) is 2. The van der Waals surface area contributed by atoms with Crippen molar-refractivity contribution in [3.63, 3.8) is 0 Å². The van der Waals surface area contributed by atoms with Crippen LogP contribution in [0.3, 0.4) is 0 Å². The van der Waals surface area contributed by atoms with Crippen LogP contribution in [0.2, 0.25) is 0 Å². The fourth-order valence-electron chi connectivity index (χ4n) is 3.16. The van der Waals surface area contributed by atoms with Gasteiger partial charge in [0.25, 0.3) is 5.91 Å². The van der Waals surface area contributed by atoms with E-state index in [1.807, 2.05) is 18.3 Å². The zero-order valence-electron chi connectivity index (χ0n) is 11.6. The van der Waals surface area contributed by atoms with Gasteiger partial charge in [-0.2, -0.15) is 0 Å². The maximum atomic E-state index is 12.4. The minimum atomic E-state index is 0.0281. The summed E-state index contributed by atoms with van der Waals surface area (Å²) >= 11 is 0. The van der Waals surface area contributed by atoms with Crippen LogP contribution < -0.4 is 10.6 Å². The summed E-state index contributed by atoms with van der Waals surface area (Å²) in [6.07, 6.45) is 7.69. The number of carbonyl (C=O) groups is 1. The molecule has 0 bridgehead atoms. The lowest BCUT2D eigenvalue weighted by molar-refractivity contribution is 0.0837. The predicted octanol–water partition coefficient (Wildman–Crippen LogP) is 2.08. The molecule has 1 aliphatic heterocycles. The second-order valence-corrected chi connectivity index (χ2v) is 6.15. The van der Waals surface area contributed by atoms with Crippen molar-refractivity contribution in [3.05, 3.63) is 24.0 Å². The highest BCUT2D eigenvalue weighted by molar-refractivity contribution is 5.93. The van der Waals surface area contributed by atoms with Crippen molar-refractivity contribution in [2.45, 2.75) is 50.6 Å². The van der Waals surface area contributed by atoms with Gasteiger partial charge in [0, 0.05) is 17.8 Å². The van der Waals surface area contributed by atoms with Crippen molar-refractivity contribution in [2.24, 2.45) is 0 Å². The molecule has 0 unspecified atom stereocenters. The van der Waals surface area contributed by atoms with Crippen molar-refractivity contribution >= 4 is 5.91 Å². The Balaban J connectivity index is 1.73. The minimum Gasteiger partial charge on any atom is -0.346 e. The molecule has 1 saturated heterocycles. The van der Waals surface area contributed by atoms with Gasteiger partial charge in [0.1, 0.15) is 5.69 Å². The average Bonchev–Trinajstić information content (AvgIpc) is 2.87. The smallest absolute Gasteiger partial charge is 0.268 e. The zero-order valence-corrected chi connectivity index (χ0v) is 11.6. The predicted molar refractivity (Wildman–Crippen MR) is 75.3 cm³/mol. The molecule has 0 spiro atoms. The third-order valence-electron chi connectivity index (χ3n) is 4.59. The fourth-order valence-corrected chi connectivity index (χ4v) is 3.16. The second kappa shape index (κ2) is 5.00. The van der Waals surface area contributed by atoms with E-state index in [0.717, 1.165) is 44.5 Å². The normalized spacial score (nSPS) is 22.8. The summed E-state index contributed by atoms with van der Waals surface area (Å²) in [6.45, 7) is 4.23. The molecule has 1 aliphatic carbocycles. The number of amides is 1. The summed E-state index contributed by atoms with van der Waals surface area (Å²) in [5, 5.41) is 6.57. The first-order chi connectivity index (χ1) is 9.18. The summed E-state index contributed by atoms with van der Waals surface area (Å²) in [4.78, 5) is 12.4. The number of piperidine rings is 1. The summed E-state index contributed by atoms with van der Waals surface area (Å²) in [5.74, 6) is 0.0886. The maximum absolute atomic E-state index is 12.4. The highest BCUT2D eigenvalue weighted by Crippen LogP contribution is 2.31. The van der Waals surface area contributed by atoms with Crippen LogP contribution in [0.15, 0.2) is 18.3 Å². The molecular weight excluding hydrogens is 238 g/mol. The Labute approximate surface area is 114 Å². The molecule has 2 heterocycles. The lowest BCUT2D eigenvalue weighted by atomic mass is 9.78.